The second kappa shape index (κ2) is 6.50. The summed E-state index contributed by atoms with van der Waals surface area (Å²) in [5.41, 5.74) is 2.02. The van der Waals surface area contributed by atoms with Crippen molar-refractivity contribution in [3.8, 4) is 11.4 Å². The lowest BCUT2D eigenvalue weighted by Crippen LogP contribution is -2.04. The minimum atomic E-state index is 0.375. The van der Waals surface area contributed by atoms with Crippen LogP contribution in [-0.2, 0) is 6.54 Å². The molecular weight excluding hydrogens is 250 g/mol. The summed E-state index contributed by atoms with van der Waals surface area (Å²) >= 11 is 0. The Morgan fingerprint density at radius 2 is 2.05 bits per heavy atom. The fourth-order valence-corrected chi connectivity index (χ4v) is 1.99. The quantitative estimate of drug-likeness (QED) is 0.877. The Balaban J connectivity index is 2.37. The van der Waals surface area contributed by atoms with Gasteiger partial charge in [0, 0.05) is 31.0 Å². The molecule has 0 unspecified atom stereocenters. The third kappa shape index (κ3) is 3.35. The normalized spacial score (nSPS) is 11.1. The fraction of sp³-hybridized carbons (Fsp3) is 0.533. The summed E-state index contributed by atoms with van der Waals surface area (Å²) in [7, 11) is 0. The molecule has 0 aliphatic heterocycles. The van der Waals surface area contributed by atoms with E-state index in [1.807, 2.05) is 23.1 Å². The van der Waals surface area contributed by atoms with Crippen molar-refractivity contribution in [1.82, 2.24) is 19.7 Å². The molecule has 2 aromatic heterocycles. The van der Waals surface area contributed by atoms with Crippen LogP contribution in [0.15, 0.2) is 18.5 Å². The van der Waals surface area contributed by atoms with Gasteiger partial charge in [-0.15, -0.1) is 0 Å². The summed E-state index contributed by atoms with van der Waals surface area (Å²) in [5, 5.41) is 7.62. The Bertz CT molecular complexity index is 559. The van der Waals surface area contributed by atoms with Gasteiger partial charge >= 0.3 is 0 Å². The molecule has 2 aromatic rings. The number of hydrogen-bond donors (Lipinski definition) is 1. The van der Waals surface area contributed by atoms with Crippen molar-refractivity contribution >= 4 is 5.82 Å². The maximum absolute atomic E-state index is 4.65. The third-order valence-corrected chi connectivity index (χ3v) is 3.04. The van der Waals surface area contributed by atoms with E-state index in [0.29, 0.717) is 5.92 Å². The summed E-state index contributed by atoms with van der Waals surface area (Å²) in [6.45, 7) is 10.3. The van der Waals surface area contributed by atoms with Crippen LogP contribution in [0.5, 0.6) is 0 Å². The van der Waals surface area contributed by atoms with Gasteiger partial charge in [0.15, 0.2) is 5.82 Å². The maximum Gasteiger partial charge on any atom is 0.164 e. The number of rotatable bonds is 6. The van der Waals surface area contributed by atoms with Crippen LogP contribution in [0.4, 0.5) is 5.82 Å². The molecule has 0 saturated heterocycles. The van der Waals surface area contributed by atoms with Crippen LogP contribution in [-0.4, -0.2) is 26.3 Å². The predicted octanol–water partition coefficient (Wildman–Crippen LogP) is 3.31. The van der Waals surface area contributed by atoms with Crippen LogP contribution in [0.3, 0.4) is 0 Å². The molecule has 0 bridgehead atoms. The largest absolute Gasteiger partial charge is 0.370 e. The second-order valence-electron chi connectivity index (χ2n) is 5.18. The van der Waals surface area contributed by atoms with Crippen molar-refractivity contribution in [2.24, 2.45) is 0 Å². The molecule has 0 atom stereocenters. The number of aromatic nitrogens is 4. The molecule has 0 saturated carbocycles. The van der Waals surface area contributed by atoms with E-state index in [0.717, 1.165) is 42.4 Å². The van der Waals surface area contributed by atoms with Gasteiger partial charge in [-0.3, -0.25) is 4.68 Å². The second-order valence-corrected chi connectivity index (χ2v) is 5.18. The number of nitrogens with zero attached hydrogens (tertiary/aromatic N) is 4. The van der Waals surface area contributed by atoms with Gasteiger partial charge in [-0.25, -0.2) is 9.97 Å². The smallest absolute Gasteiger partial charge is 0.164 e. The van der Waals surface area contributed by atoms with E-state index >= 15 is 0 Å². The molecule has 1 N–H and O–H groups in total. The first kappa shape index (κ1) is 14.5. The first-order valence-corrected chi connectivity index (χ1v) is 7.29. The number of nitrogens with one attached hydrogen (secondary N) is 1. The highest BCUT2D eigenvalue weighted by Gasteiger charge is 2.10. The van der Waals surface area contributed by atoms with Gasteiger partial charge in [-0.2, -0.15) is 5.10 Å². The van der Waals surface area contributed by atoms with Crippen LogP contribution in [0.2, 0.25) is 0 Å². The summed E-state index contributed by atoms with van der Waals surface area (Å²) in [6, 6.07) is 2.02. The van der Waals surface area contributed by atoms with Crippen LogP contribution in [0.1, 0.15) is 45.7 Å². The summed E-state index contributed by atoms with van der Waals surface area (Å²) < 4.78 is 1.94. The van der Waals surface area contributed by atoms with E-state index in [2.05, 4.69) is 48.1 Å². The van der Waals surface area contributed by atoms with Crippen molar-refractivity contribution < 1.29 is 0 Å². The molecule has 2 heterocycles. The predicted molar refractivity (Wildman–Crippen MR) is 81.8 cm³/mol. The Labute approximate surface area is 120 Å². The number of aryl methyl sites for hydroxylation is 1. The van der Waals surface area contributed by atoms with E-state index in [-0.39, 0.29) is 0 Å². The molecule has 20 heavy (non-hydrogen) atoms. The number of hydrogen-bond acceptors (Lipinski definition) is 4. The van der Waals surface area contributed by atoms with E-state index in [4.69, 9.17) is 0 Å². The van der Waals surface area contributed by atoms with Gasteiger partial charge in [0.2, 0.25) is 0 Å². The molecule has 0 fully saturated rings. The Hall–Kier alpha value is -1.91. The van der Waals surface area contributed by atoms with Gasteiger partial charge in [0.05, 0.1) is 11.8 Å². The molecule has 0 amide bonds. The third-order valence-electron chi connectivity index (χ3n) is 3.04. The van der Waals surface area contributed by atoms with Crippen LogP contribution in [0.25, 0.3) is 11.4 Å². The SMILES string of the molecule is CCCn1cc(-c2nc(NCC)cc(C(C)C)n2)cn1. The van der Waals surface area contributed by atoms with Gasteiger partial charge in [0.25, 0.3) is 0 Å². The molecule has 0 spiro atoms. The highest BCUT2D eigenvalue weighted by atomic mass is 15.3. The summed E-state index contributed by atoms with van der Waals surface area (Å²) in [5.74, 6) is 2.00. The molecule has 0 aromatic carbocycles. The van der Waals surface area contributed by atoms with Gasteiger partial charge < -0.3 is 5.32 Å². The average molecular weight is 273 g/mol. The van der Waals surface area contributed by atoms with Crippen molar-refractivity contribution in [1.29, 1.82) is 0 Å². The summed E-state index contributed by atoms with van der Waals surface area (Å²) in [4.78, 5) is 9.23. The minimum Gasteiger partial charge on any atom is -0.370 e. The summed E-state index contributed by atoms with van der Waals surface area (Å²) in [6.07, 6.45) is 4.92. The lowest BCUT2D eigenvalue weighted by Gasteiger charge is -2.10. The van der Waals surface area contributed by atoms with Crippen molar-refractivity contribution in [2.75, 3.05) is 11.9 Å². The van der Waals surface area contributed by atoms with E-state index in [1.165, 1.54) is 0 Å². The van der Waals surface area contributed by atoms with E-state index in [1.54, 1.807) is 0 Å². The maximum atomic E-state index is 4.65. The molecule has 0 radical (unpaired) electrons. The Kier molecular flexibility index (Phi) is 4.71. The Morgan fingerprint density at radius 3 is 2.70 bits per heavy atom. The average Bonchev–Trinajstić information content (AvgIpc) is 2.88. The highest BCUT2D eigenvalue weighted by Crippen LogP contribution is 2.21. The molecular formula is C15H23N5. The molecule has 5 nitrogen and oxygen atoms in total. The van der Waals surface area contributed by atoms with Crippen molar-refractivity contribution in [3.63, 3.8) is 0 Å². The topological polar surface area (TPSA) is 55.6 Å². The number of anilines is 1. The lowest BCUT2D eigenvalue weighted by atomic mass is 10.1. The highest BCUT2D eigenvalue weighted by molar-refractivity contribution is 5.55. The minimum absolute atomic E-state index is 0.375. The first-order chi connectivity index (χ1) is 9.63. The fourth-order valence-electron chi connectivity index (χ4n) is 1.99. The molecule has 5 heteroatoms. The van der Waals surface area contributed by atoms with Gasteiger partial charge in [0.1, 0.15) is 5.82 Å². The van der Waals surface area contributed by atoms with Crippen LogP contribution >= 0.6 is 0 Å². The van der Waals surface area contributed by atoms with Crippen LogP contribution < -0.4 is 5.32 Å². The van der Waals surface area contributed by atoms with Gasteiger partial charge in [-0.1, -0.05) is 20.8 Å². The van der Waals surface area contributed by atoms with E-state index in [9.17, 15) is 0 Å². The zero-order valence-electron chi connectivity index (χ0n) is 12.7. The lowest BCUT2D eigenvalue weighted by molar-refractivity contribution is 0.603. The zero-order chi connectivity index (χ0) is 14.5. The zero-order valence-corrected chi connectivity index (χ0v) is 12.7. The molecule has 0 aliphatic rings. The molecule has 2 rings (SSSR count). The van der Waals surface area contributed by atoms with Crippen LogP contribution in [0, 0.1) is 0 Å². The van der Waals surface area contributed by atoms with E-state index < -0.39 is 0 Å². The standard InChI is InChI=1S/C15H23N5/c1-5-7-20-10-12(9-17-20)15-18-13(11(3)4)8-14(19-15)16-6-2/h8-11H,5-7H2,1-4H3,(H,16,18,19). The molecule has 0 aliphatic carbocycles. The van der Waals surface area contributed by atoms with Gasteiger partial charge in [-0.05, 0) is 19.3 Å². The van der Waals surface area contributed by atoms with Crippen molar-refractivity contribution in [2.45, 2.75) is 46.6 Å². The van der Waals surface area contributed by atoms with Crippen molar-refractivity contribution in [3.05, 3.63) is 24.2 Å². The Morgan fingerprint density at radius 1 is 1.25 bits per heavy atom. The first-order valence-electron chi connectivity index (χ1n) is 7.29. The molecule has 108 valence electrons. The monoisotopic (exact) mass is 273 g/mol.